The Morgan fingerprint density at radius 3 is 2.53 bits per heavy atom. The van der Waals surface area contributed by atoms with Crippen LogP contribution in [-0.2, 0) is 9.47 Å². The lowest BCUT2D eigenvalue weighted by molar-refractivity contribution is -0.0613. The first-order chi connectivity index (χ1) is 9.40. The van der Waals surface area contributed by atoms with Crippen molar-refractivity contribution in [1.29, 1.82) is 0 Å². The van der Waals surface area contributed by atoms with Crippen LogP contribution in [-0.4, -0.2) is 12.7 Å². The van der Waals surface area contributed by atoms with E-state index < -0.39 is 0 Å². The largest absolute Gasteiger partial charge is 0.346 e. The van der Waals surface area contributed by atoms with E-state index in [4.69, 9.17) is 9.47 Å². The van der Waals surface area contributed by atoms with Crippen LogP contribution in [0, 0.1) is 0 Å². The van der Waals surface area contributed by atoms with E-state index in [2.05, 4.69) is 19.1 Å². The third kappa shape index (κ3) is 4.96. The van der Waals surface area contributed by atoms with Crippen LogP contribution in [0.2, 0.25) is 0 Å². The van der Waals surface area contributed by atoms with E-state index in [1.807, 2.05) is 18.2 Å². The molecule has 1 aromatic carbocycles. The van der Waals surface area contributed by atoms with Gasteiger partial charge in [-0.15, -0.1) is 0 Å². The van der Waals surface area contributed by atoms with Gasteiger partial charge in [-0.2, -0.15) is 0 Å². The zero-order valence-corrected chi connectivity index (χ0v) is 12.0. The van der Waals surface area contributed by atoms with E-state index in [1.54, 1.807) is 0 Å². The highest BCUT2D eigenvalue weighted by molar-refractivity contribution is 5.16. The summed E-state index contributed by atoms with van der Waals surface area (Å²) in [5.74, 6) is 0. The molecular formula is C17H26O2. The van der Waals surface area contributed by atoms with Crippen molar-refractivity contribution in [3.63, 3.8) is 0 Å². The highest BCUT2D eigenvalue weighted by Gasteiger charge is 2.26. The van der Waals surface area contributed by atoms with Crippen molar-refractivity contribution in [2.24, 2.45) is 0 Å². The first-order valence-corrected chi connectivity index (χ1v) is 7.72. The quantitative estimate of drug-likeness (QED) is 0.623. The van der Waals surface area contributed by atoms with Crippen molar-refractivity contribution in [3.05, 3.63) is 35.9 Å². The fourth-order valence-corrected chi connectivity index (χ4v) is 2.54. The van der Waals surface area contributed by atoms with Crippen LogP contribution in [0.5, 0.6) is 0 Å². The topological polar surface area (TPSA) is 18.5 Å². The molecule has 19 heavy (non-hydrogen) atoms. The summed E-state index contributed by atoms with van der Waals surface area (Å²) >= 11 is 0. The molecule has 1 aromatic rings. The summed E-state index contributed by atoms with van der Waals surface area (Å²) in [6.45, 7) is 3.00. The molecule has 0 spiro atoms. The van der Waals surface area contributed by atoms with Crippen molar-refractivity contribution in [2.45, 2.75) is 64.3 Å². The Labute approximate surface area is 117 Å². The molecule has 2 nitrogen and oxygen atoms in total. The molecule has 2 rings (SSSR count). The zero-order valence-electron chi connectivity index (χ0n) is 12.0. The Morgan fingerprint density at radius 2 is 1.74 bits per heavy atom. The minimum Gasteiger partial charge on any atom is -0.346 e. The second-order valence-electron chi connectivity index (χ2n) is 5.39. The minimum absolute atomic E-state index is 0.147. The van der Waals surface area contributed by atoms with Gasteiger partial charge in [-0.25, -0.2) is 0 Å². The van der Waals surface area contributed by atoms with E-state index in [0.29, 0.717) is 0 Å². The summed E-state index contributed by atoms with van der Waals surface area (Å²) in [7, 11) is 0. The molecular weight excluding hydrogens is 236 g/mol. The standard InChI is InChI=1S/C17H26O2/c1-2-3-4-5-6-10-13-16-14-18-17(19-16)15-11-8-7-9-12-15/h7-9,11-12,16-17H,2-6,10,13-14H2,1H3. The van der Waals surface area contributed by atoms with Crippen LogP contribution < -0.4 is 0 Å². The van der Waals surface area contributed by atoms with Gasteiger partial charge in [0.25, 0.3) is 0 Å². The van der Waals surface area contributed by atoms with E-state index in [9.17, 15) is 0 Å². The molecule has 1 fully saturated rings. The SMILES string of the molecule is CCCCCCCCC1COC(c2ccccc2)O1. The Balaban J connectivity index is 1.60. The lowest BCUT2D eigenvalue weighted by atomic mass is 10.1. The monoisotopic (exact) mass is 262 g/mol. The molecule has 1 aliphatic rings. The van der Waals surface area contributed by atoms with Crippen molar-refractivity contribution >= 4 is 0 Å². The number of hydrogen-bond donors (Lipinski definition) is 0. The van der Waals surface area contributed by atoms with Gasteiger partial charge in [0.1, 0.15) is 0 Å². The first-order valence-electron chi connectivity index (χ1n) is 7.72. The second kappa shape index (κ2) is 8.34. The molecule has 1 aliphatic heterocycles. The number of ether oxygens (including phenoxy) is 2. The van der Waals surface area contributed by atoms with Crippen LogP contribution in [0.4, 0.5) is 0 Å². The Morgan fingerprint density at radius 1 is 1.00 bits per heavy atom. The molecule has 106 valence electrons. The van der Waals surface area contributed by atoms with Gasteiger partial charge in [0.15, 0.2) is 6.29 Å². The van der Waals surface area contributed by atoms with Gasteiger partial charge in [0.05, 0.1) is 12.7 Å². The van der Waals surface area contributed by atoms with Crippen LogP contribution in [0.25, 0.3) is 0 Å². The predicted octanol–water partition coefficient (Wildman–Crippen LogP) is 4.85. The van der Waals surface area contributed by atoms with E-state index in [0.717, 1.165) is 18.6 Å². The maximum atomic E-state index is 5.95. The van der Waals surface area contributed by atoms with Gasteiger partial charge < -0.3 is 9.47 Å². The molecule has 1 saturated heterocycles. The maximum absolute atomic E-state index is 5.95. The molecule has 0 saturated carbocycles. The summed E-state index contributed by atoms with van der Waals surface area (Å²) in [4.78, 5) is 0. The van der Waals surface area contributed by atoms with Gasteiger partial charge in [0, 0.05) is 5.56 Å². The molecule has 0 bridgehead atoms. The summed E-state index contributed by atoms with van der Waals surface area (Å²) in [6, 6.07) is 10.2. The number of rotatable bonds is 8. The molecule has 2 atom stereocenters. The number of hydrogen-bond acceptors (Lipinski definition) is 2. The molecule has 0 N–H and O–H groups in total. The van der Waals surface area contributed by atoms with Crippen LogP contribution in [0.15, 0.2) is 30.3 Å². The summed E-state index contributed by atoms with van der Waals surface area (Å²) in [6.07, 6.45) is 9.30. The first kappa shape index (κ1) is 14.5. The predicted molar refractivity (Wildman–Crippen MR) is 78.0 cm³/mol. The average Bonchev–Trinajstić information content (AvgIpc) is 2.92. The van der Waals surface area contributed by atoms with Crippen molar-refractivity contribution in [1.82, 2.24) is 0 Å². The molecule has 0 aliphatic carbocycles. The van der Waals surface area contributed by atoms with Gasteiger partial charge in [0.2, 0.25) is 0 Å². The third-order valence-corrected chi connectivity index (χ3v) is 3.70. The Bertz CT molecular complexity index is 336. The van der Waals surface area contributed by atoms with Gasteiger partial charge in [-0.1, -0.05) is 75.8 Å². The average molecular weight is 262 g/mol. The zero-order chi connectivity index (χ0) is 13.3. The Hall–Kier alpha value is -0.860. The van der Waals surface area contributed by atoms with Crippen LogP contribution in [0.1, 0.15) is 63.7 Å². The second-order valence-corrected chi connectivity index (χ2v) is 5.39. The van der Waals surface area contributed by atoms with Gasteiger partial charge in [-0.3, -0.25) is 0 Å². The van der Waals surface area contributed by atoms with Crippen molar-refractivity contribution in [2.75, 3.05) is 6.61 Å². The molecule has 2 unspecified atom stereocenters. The summed E-state index contributed by atoms with van der Waals surface area (Å²) < 4.78 is 11.7. The highest BCUT2D eigenvalue weighted by atomic mass is 16.7. The van der Waals surface area contributed by atoms with E-state index in [1.165, 1.54) is 38.5 Å². The lowest BCUT2D eigenvalue weighted by Gasteiger charge is -2.11. The number of benzene rings is 1. The van der Waals surface area contributed by atoms with Crippen molar-refractivity contribution in [3.8, 4) is 0 Å². The Kier molecular flexibility index (Phi) is 6.38. The highest BCUT2D eigenvalue weighted by Crippen LogP contribution is 2.28. The normalized spacial score (nSPS) is 22.8. The molecule has 0 amide bonds. The van der Waals surface area contributed by atoms with Gasteiger partial charge >= 0.3 is 0 Å². The number of unbranched alkanes of at least 4 members (excludes halogenated alkanes) is 5. The minimum atomic E-state index is -0.147. The molecule has 0 radical (unpaired) electrons. The van der Waals surface area contributed by atoms with Crippen LogP contribution >= 0.6 is 0 Å². The molecule has 1 heterocycles. The third-order valence-electron chi connectivity index (χ3n) is 3.70. The van der Waals surface area contributed by atoms with E-state index >= 15 is 0 Å². The van der Waals surface area contributed by atoms with Crippen molar-refractivity contribution < 1.29 is 9.47 Å². The van der Waals surface area contributed by atoms with Crippen LogP contribution in [0.3, 0.4) is 0 Å². The fourth-order valence-electron chi connectivity index (χ4n) is 2.54. The van der Waals surface area contributed by atoms with Gasteiger partial charge in [-0.05, 0) is 6.42 Å². The maximum Gasteiger partial charge on any atom is 0.184 e. The smallest absolute Gasteiger partial charge is 0.184 e. The summed E-state index contributed by atoms with van der Waals surface area (Å²) in [5, 5.41) is 0. The lowest BCUT2D eigenvalue weighted by Crippen LogP contribution is -2.09. The molecule has 0 aromatic heterocycles. The summed E-state index contributed by atoms with van der Waals surface area (Å²) in [5.41, 5.74) is 1.13. The van der Waals surface area contributed by atoms with E-state index in [-0.39, 0.29) is 12.4 Å². The fraction of sp³-hybridized carbons (Fsp3) is 0.647. The molecule has 2 heteroatoms.